The van der Waals surface area contributed by atoms with Crippen molar-refractivity contribution in [3.05, 3.63) is 84.2 Å². The van der Waals surface area contributed by atoms with E-state index in [-0.39, 0.29) is 13.2 Å². The van der Waals surface area contributed by atoms with E-state index < -0.39 is 11.9 Å². The van der Waals surface area contributed by atoms with E-state index in [1.165, 1.54) is 0 Å². The molecule has 2 aromatic carbocycles. The van der Waals surface area contributed by atoms with E-state index in [1.807, 2.05) is 60.7 Å². The minimum absolute atomic E-state index is 0.0274. The Morgan fingerprint density at radius 1 is 0.679 bits per heavy atom. The number of nitrogens with zero attached hydrogens (tertiary/aromatic N) is 2. The van der Waals surface area contributed by atoms with Gasteiger partial charge in [0.1, 0.15) is 13.2 Å². The monoisotopic (exact) mass is 372 g/mol. The summed E-state index contributed by atoms with van der Waals surface area (Å²) in [5.41, 5.74) is 3.08. The minimum atomic E-state index is -1.03. The standard InChI is InChI=1S/C22H16N2O4/c25-21(27-13-15-5-7-17-3-1-9-23-19(17)11-15)22(26)28-14-16-6-8-18-4-2-10-24-20(18)12-16/h1-12H,13-14H2. The van der Waals surface area contributed by atoms with Gasteiger partial charge in [0.2, 0.25) is 0 Å². The van der Waals surface area contributed by atoms with E-state index in [0.29, 0.717) is 0 Å². The van der Waals surface area contributed by atoms with Gasteiger partial charge in [0.25, 0.3) is 0 Å². The molecular weight excluding hydrogens is 356 g/mol. The van der Waals surface area contributed by atoms with Gasteiger partial charge in [-0.15, -0.1) is 0 Å². The normalized spacial score (nSPS) is 10.7. The Morgan fingerprint density at radius 2 is 1.14 bits per heavy atom. The molecule has 0 unspecified atom stereocenters. The summed E-state index contributed by atoms with van der Waals surface area (Å²) in [6, 6.07) is 18.6. The maximum Gasteiger partial charge on any atom is 0.417 e. The van der Waals surface area contributed by atoms with Crippen molar-refractivity contribution in [3.8, 4) is 0 Å². The first-order chi connectivity index (χ1) is 13.7. The predicted molar refractivity (Wildman–Crippen MR) is 103 cm³/mol. The zero-order valence-electron chi connectivity index (χ0n) is 14.9. The number of rotatable bonds is 4. The van der Waals surface area contributed by atoms with Crippen LogP contribution in [0.25, 0.3) is 21.8 Å². The third-order valence-corrected chi connectivity index (χ3v) is 4.25. The van der Waals surface area contributed by atoms with Crippen LogP contribution in [-0.2, 0) is 32.3 Å². The van der Waals surface area contributed by atoms with E-state index in [4.69, 9.17) is 9.47 Å². The van der Waals surface area contributed by atoms with Crippen LogP contribution in [0.15, 0.2) is 73.1 Å². The molecule has 0 saturated heterocycles. The quantitative estimate of drug-likeness (QED) is 0.403. The maximum atomic E-state index is 11.9. The lowest BCUT2D eigenvalue weighted by atomic mass is 10.1. The van der Waals surface area contributed by atoms with Crippen molar-refractivity contribution in [2.45, 2.75) is 13.2 Å². The molecule has 0 amide bonds. The average Bonchev–Trinajstić information content (AvgIpc) is 2.75. The van der Waals surface area contributed by atoms with Crippen LogP contribution in [0.5, 0.6) is 0 Å². The molecule has 6 heteroatoms. The Labute approximate surface area is 160 Å². The highest BCUT2D eigenvalue weighted by molar-refractivity contribution is 6.29. The zero-order chi connectivity index (χ0) is 19.3. The minimum Gasteiger partial charge on any atom is -0.452 e. The van der Waals surface area contributed by atoms with Gasteiger partial charge >= 0.3 is 11.9 Å². The average molecular weight is 372 g/mol. The summed E-state index contributed by atoms with van der Waals surface area (Å²) in [5, 5.41) is 1.98. The number of carbonyl (C=O) groups excluding carboxylic acids is 2. The zero-order valence-corrected chi connectivity index (χ0v) is 14.9. The fraction of sp³-hybridized carbons (Fsp3) is 0.0909. The van der Waals surface area contributed by atoms with Crippen LogP contribution in [0.2, 0.25) is 0 Å². The molecule has 0 aliphatic rings. The van der Waals surface area contributed by atoms with Crippen LogP contribution >= 0.6 is 0 Å². The molecule has 6 nitrogen and oxygen atoms in total. The highest BCUT2D eigenvalue weighted by Crippen LogP contribution is 2.15. The number of benzene rings is 2. The van der Waals surface area contributed by atoms with Crippen molar-refractivity contribution in [1.29, 1.82) is 0 Å². The molecule has 28 heavy (non-hydrogen) atoms. The van der Waals surface area contributed by atoms with E-state index >= 15 is 0 Å². The number of pyridine rings is 2. The van der Waals surface area contributed by atoms with Gasteiger partial charge in [-0.05, 0) is 35.4 Å². The third-order valence-electron chi connectivity index (χ3n) is 4.25. The number of aromatic nitrogens is 2. The van der Waals surface area contributed by atoms with Gasteiger partial charge in [-0.2, -0.15) is 0 Å². The van der Waals surface area contributed by atoms with Gasteiger partial charge < -0.3 is 9.47 Å². The van der Waals surface area contributed by atoms with Gasteiger partial charge in [-0.1, -0.05) is 36.4 Å². The number of hydrogen-bond donors (Lipinski definition) is 0. The first kappa shape index (κ1) is 17.6. The molecule has 0 saturated carbocycles. The summed E-state index contributed by atoms with van der Waals surface area (Å²) < 4.78 is 10.1. The summed E-state index contributed by atoms with van der Waals surface area (Å²) in [6.07, 6.45) is 3.38. The van der Waals surface area contributed by atoms with Crippen LogP contribution in [0.1, 0.15) is 11.1 Å². The Bertz CT molecular complexity index is 1080. The highest BCUT2D eigenvalue weighted by atomic mass is 16.6. The Balaban J connectivity index is 1.32. The van der Waals surface area contributed by atoms with Crippen LogP contribution in [0.4, 0.5) is 0 Å². The van der Waals surface area contributed by atoms with Crippen molar-refractivity contribution in [2.75, 3.05) is 0 Å². The number of esters is 2. The second-order valence-electron chi connectivity index (χ2n) is 6.21. The van der Waals surface area contributed by atoms with Gasteiger partial charge in [-0.25, -0.2) is 9.59 Å². The fourth-order valence-corrected chi connectivity index (χ4v) is 2.82. The molecule has 0 fully saturated rings. The van der Waals surface area contributed by atoms with E-state index in [2.05, 4.69) is 9.97 Å². The molecule has 4 aromatic rings. The SMILES string of the molecule is O=C(OCc1ccc2cccnc2c1)C(=O)OCc1ccc2cccnc2c1. The Morgan fingerprint density at radius 3 is 1.61 bits per heavy atom. The summed E-state index contributed by atoms with van der Waals surface area (Å²) in [4.78, 5) is 32.3. The molecule has 0 N–H and O–H groups in total. The van der Waals surface area contributed by atoms with Crippen molar-refractivity contribution in [1.82, 2.24) is 9.97 Å². The summed E-state index contributed by atoms with van der Waals surface area (Å²) >= 11 is 0. The van der Waals surface area contributed by atoms with Crippen LogP contribution in [0, 0.1) is 0 Å². The third kappa shape index (κ3) is 3.96. The predicted octanol–water partition coefficient (Wildman–Crippen LogP) is 3.57. The highest BCUT2D eigenvalue weighted by Gasteiger charge is 2.17. The Hall–Kier alpha value is -3.80. The largest absolute Gasteiger partial charge is 0.452 e. The molecule has 2 aromatic heterocycles. The number of fused-ring (bicyclic) bond motifs is 2. The second-order valence-corrected chi connectivity index (χ2v) is 6.21. The molecule has 0 aliphatic heterocycles. The lowest BCUT2D eigenvalue weighted by Crippen LogP contribution is -2.20. The maximum absolute atomic E-state index is 11.9. The smallest absolute Gasteiger partial charge is 0.417 e. The van der Waals surface area contributed by atoms with Crippen LogP contribution in [-0.4, -0.2) is 21.9 Å². The van der Waals surface area contributed by atoms with E-state index in [1.54, 1.807) is 12.4 Å². The van der Waals surface area contributed by atoms with E-state index in [9.17, 15) is 9.59 Å². The molecule has 0 spiro atoms. The molecule has 0 radical (unpaired) electrons. The van der Waals surface area contributed by atoms with Gasteiger partial charge in [0.15, 0.2) is 0 Å². The summed E-state index contributed by atoms with van der Waals surface area (Å²) in [6.45, 7) is -0.0549. The lowest BCUT2D eigenvalue weighted by molar-refractivity contribution is -0.169. The lowest BCUT2D eigenvalue weighted by Gasteiger charge is -2.07. The van der Waals surface area contributed by atoms with Crippen molar-refractivity contribution >= 4 is 33.7 Å². The van der Waals surface area contributed by atoms with E-state index in [0.717, 1.165) is 32.9 Å². The first-order valence-corrected chi connectivity index (χ1v) is 8.70. The van der Waals surface area contributed by atoms with Gasteiger partial charge in [0.05, 0.1) is 11.0 Å². The van der Waals surface area contributed by atoms with Crippen molar-refractivity contribution in [2.24, 2.45) is 0 Å². The van der Waals surface area contributed by atoms with Crippen LogP contribution < -0.4 is 0 Å². The van der Waals surface area contributed by atoms with Gasteiger partial charge in [0, 0.05) is 23.2 Å². The fourth-order valence-electron chi connectivity index (χ4n) is 2.82. The first-order valence-electron chi connectivity index (χ1n) is 8.70. The molecule has 4 rings (SSSR count). The molecule has 0 aliphatic carbocycles. The number of hydrogen-bond acceptors (Lipinski definition) is 6. The molecule has 0 atom stereocenters. The molecular formula is C22H16N2O4. The number of ether oxygens (including phenoxy) is 2. The van der Waals surface area contributed by atoms with Crippen molar-refractivity contribution < 1.29 is 19.1 Å². The molecule has 2 heterocycles. The van der Waals surface area contributed by atoms with Crippen LogP contribution in [0.3, 0.4) is 0 Å². The van der Waals surface area contributed by atoms with Crippen molar-refractivity contribution in [3.63, 3.8) is 0 Å². The van der Waals surface area contributed by atoms with Gasteiger partial charge in [-0.3, -0.25) is 9.97 Å². The summed E-state index contributed by atoms with van der Waals surface area (Å²) in [7, 11) is 0. The molecule has 138 valence electrons. The summed E-state index contributed by atoms with van der Waals surface area (Å²) in [5.74, 6) is -2.06. The topological polar surface area (TPSA) is 78.4 Å². The Kier molecular flexibility index (Phi) is 4.93. The molecule has 0 bridgehead atoms. The second kappa shape index (κ2) is 7.84. The number of carbonyl (C=O) groups is 2.